The first kappa shape index (κ1) is 15.0. The molecule has 1 saturated heterocycles. The van der Waals surface area contributed by atoms with Gasteiger partial charge in [-0.05, 0) is 25.0 Å². The van der Waals surface area contributed by atoms with E-state index in [0.717, 1.165) is 18.2 Å². The van der Waals surface area contributed by atoms with Crippen molar-refractivity contribution in [2.75, 3.05) is 19.8 Å². The van der Waals surface area contributed by atoms with E-state index in [1.807, 2.05) is 6.07 Å². The Kier molecular flexibility index (Phi) is 3.86. The number of rotatable bonds is 3. The highest BCUT2D eigenvalue weighted by Gasteiger charge is 2.23. The molecule has 1 aromatic carbocycles. The van der Waals surface area contributed by atoms with Crippen molar-refractivity contribution in [2.24, 2.45) is 0 Å². The van der Waals surface area contributed by atoms with Gasteiger partial charge in [-0.15, -0.1) is 0 Å². The van der Waals surface area contributed by atoms with E-state index in [9.17, 15) is 9.59 Å². The van der Waals surface area contributed by atoms with E-state index in [-0.39, 0.29) is 18.0 Å². The standard InChI is InChI=1S/C17H18N2O5/c20-16-11(9-18-17(21)13-2-1-3-22-13)6-10-7-14-15(8-12(10)19-16)24-5-4-23-14/h6-8,13H,1-5,9H2,(H,18,21)(H,19,20). The second kappa shape index (κ2) is 6.16. The maximum absolute atomic E-state index is 12.2. The number of hydrogen-bond acceptors (Lipinski definition) is 5. The number of nitrogens with one attached hydrogen (secondary N) is 2. The van der Waals surface area contributed by atoms with Crippen molar-refractivity contribution >= 4 is 16.8 Å². The number of carbonyl (C=O) groups is 1. The van der Waals surface area contributed by atoms with E-state index in [1.54, 1.807) is 12.1 Å². The number of H-pyrrole nitrogens is 1. The third kappa shape index (κ3) is 2.82. The van der Waals surface area contributed by atoms with E-state index < -0.39 is 6.10 Å². The number of aromatic amines is 1. The summed E-state index contributed by atoms with van der Waals surface area (Å²) < 4.78 is 16.4. The molecule has 0 aliphatic carbocycles. The minimum absolute atomic E-state index is 0.165. The van der Waals surface area contributed by atoms with Gasteiger partial charge in [0.05, 0.1) is 5.52 Å². The zero-order chi connectivity index (χ0) is 16.5. The lowest BCUT2D eigenvalue weighted by Gasteiger charge is -2.19. The third-order valence-corrected chi connectivity index (χ3v) is 4.26. The third-order valence-electron chi connectivity index (χ3n) is 4.26. The average molecular weight is 330 g/mol. The fourth-order valence-corrected chi connectivity index (χ4v) is 3.00. The Bertz CT molecular complexity index is 839. The molecule has 7 heteroatoms. The van der Waals surface area contributed by atoms with E-state index in [4.69, 9.17) is 14.2 Å². The lowest BCUT2D eigenvalue weighted by Crippen LogP contribution is -2.35. The number of benzene rings is 1. The Balaban J connectivity index is 1.57. The van der Waals surface area contributed by atoms with Crippen molar-refractivity contribution in [2.45, 2.75) is 25.5 Å². The van der Waals surface area contributed by atoms with E-state index in [0.29, 0.717) is 42.4 Å². The largest absolute Gasteiger partial charge is 0.486 e. The molecule has 0 bridgehead atoms. The minimum Gasteiger partial charge on any atom is -0.486 e. The zero-order valence-electron chi connectivity index (χ0n) is 13.1. The van der Waals surface area contributed by atoms with Crippen molar-refractivity contribution in [1.29, 1.82) is 0 Å². The fourth-order valence-electron chi connectivity index (χ4n) is 3.00. The summed E-state index contributed by atoms with van der Waals surface area (Å²) in [5.74, 6) is 1.12. The van der Waals surface area contributed by atoms with Crippen molar-refractivity contribution in [1.82, 2.24) is 10.3 Å². The van der Waals surface area contributed by atoms with Crippen LogP contribution in [0.2, 0.25) is 0 Å². The van der Waals surface area contributed by atoms with Crippen LogP contribution in [0.25, 0.3) is 10.9 Å². The summed E-state index contributed by atoms with van der Waals surface area (Å²) in [7, 11) is 0. The number of aromatic nitrogens is 1. The summed E-state index contributed by atoms with van der Waals surface area (Å²) in [5.41, 5.74) is 0.941. The second-order valence-electron chi connectivity index (χ2n) is 5.93. The summed E-state index contributed by atoms with van der Waals surface area (Å²) in [6.45, 7) is 1.78. The molecule has 1 amide bonds. The summed E-state index contributed by atoms with van der Waals surface area (Å²) in [6, 6.07) is 5.37. The van der Waals surface area contributed by atoms with Crippen LogP contribution in [0.15, 0.2) is 23.0 Å². The highest BCUT2D eigenvalue weighted by Crippen LogP contribution is 2.33. The molecule has 0 radical (unpaired) electrons. The summed E-state index contributed by atoms with van der Waals surface area (Å²) >= 11 is 0. The van der Waals surface area contributed by atoms with Gasteiger partial charge in [0.15, 0.2) is 11.5 Å². The fraction of sp³-hybridized carbons (Fsp3) is 0.412. The number of fused-ring (bicyclic) bond motifs is 2. The highest BCUT2D eigenvalue weighted by molar-refractivity contribution is 5.84. The van der Waals surface area contributed by atoms with Gasteiger partial charge >= 0.3 is 0 Å². The first-order valence-electron chi connectivity index (χ1n) is 8.05. The Morgan fingerprint density at radius 3 is 2.71 bits per heavy atom. The van der Waals surface area contributed by atoms with Gasteiger partial charge < -0.3 is 24.5 Å². The number of carbonyl (C=O) groups excluding carboxylic acids is 1. The molecule has 4 rings (SSSR count). The first-order valence-corrected chi connectivity index (χ1v) is 8.05. The van der Waals surface area contributed by atoms with Crippen LogP contribution in [0.3, 0.4) is 0 Å². The van der Waals surface area contributed by atoms with Crippen LogP contribution in [0, 0.1) is 0 Å². The molecule has 1 atom stereocenters. The molecule has 2 N–H and O–H groups in total. The number of ether oxygens (including phenoxy) is 3. The maximum atomic E-state index is 12.2. The molecular formula is C17H18N2O5. The van der Waals surface area contributed by atoms with E-state index in [2.05, 4.69) is 10.3 Å². The van der Waals surface area contributed by atoms with Gasteiger partial charge in [-0.3, -0.25) is 9.59 Å². The van der Waals surface area contributed by atoms with Gasteiger partial charge in [0.1, 0.15) is 19.3 Å². The zero-order valence-corrected chi connectivity index (χ0v) is 13.1. The Hall–Kier alpha value is -2.54. The molecule has 24 heavy (non-hydrogen) atoms. The molecule has 0 spiro atoms. The van der Waals surface area contributed by atoms with Crippen molar-refractivity contribution in [3.63, 3.8) is 0 Å². The normalized spacial score (nSPS) is 19.4. The average Bonchev–Trinajstić information content (AvgIpc) is 3.12. The summed E-state index contributed by atoms with van der Waals surface area (Å²) in [4.78, 5) is 27.1. The van der Waals surface area contributed by atoms with E-state index >= 15 is 0 Å². The second-order valence-corrected chi connectivity index (χ2v) is 5.93. The molecule has 0 saturated carbocycles. The van der Waals surface area contributed by atoms with Crippen molar-refractivity contribution < 1.29 is 19.0 Å². The lowest BCUT2D eigenvalue weighted by atomic mass is 10.1. The SMILES string of the molecule is O=C(NCc1cc2cc3c(cc2[nH]c1=O)OCCO3)C1CCCO1. The van der Waals surface area contributed by atoms with Crippen molar-refractivity contribution in [3.8, 4) is 11.5 Å². The van der Waals surface area contributed by atoms with Crippen LogP contribution in [0.1, 0.15) is 18.4 Å². The molecule has 3 heterocycles. The molecule has 2 aliphatic rings. The predicted molar refractivity (Wildman–Crippen MR) is 86.4 cm³/mol. The van der Waals surface area contributed by atoms with Crippen LogP contribution in [-0.2, 0) is 16.1 Å². The molecule has 1 fully saturated rings. The number of amides is 1. The minimum atomic E-state index is -0.401. The van der Waals surface area contributed by atoms with Crippen LogP contribution < -0.4 is 20.3 Å². The Morgan fingerprint density at radius 1 is 1.17 bits per heavy atom. The van der Waals surface area contributed by atoms with E-state index in [1.165, 1.54) is 0 Å². The van der Waals surface area contributed by atoms with Crippen LogP contribution in [0.5, 0.6) is 11.5 Å². The summed E-state index contributed by atoms with van der Waals surface area (Å²) in [5, 5.41) is 3.60. The topological polar surface area (TPSA) is 89.7 Å². The Labute approximate surface area is 137 Å². The first-order chi connectivity index (χ1) is 11.7. The molecule has 7 nitrogen and oxygen atoms in total. The van der Waals surface area contributed by atoms with Gasteiger partial charge in [0.2, 0.25) is 5.91 Å². The number of pyridine rings is 1. The molecule has 2 aromatic rings. The molecule has 1 unspecified atom stereocenters. The molecule has 2 aliphatic heterocycles. The van der Waals surface area contributed by atoms with Crippen LogP contribution in [0.4, 0.5) is 0 Å². The van der Waals surface area contributed by atoms with Gasteiger partial charge in [-0.2, -0.15) is 0 Å². The van der Waals surface area contributed by atoms with Gasteiger partial charge in [0.25, 0.3) is 5.56 Å². The summed E-state index contributed by atoms with van der Waals surface area (Å²) in [6.07, 6.45) is 1.22. The molecular weight excluding hydrogens is 312 g/mol. The Morgan fingerprint density at radius 2 is 1.96 bits per heavy atom. The monoisotopic (exact) mass is 330 g/mol. The quantitative estimate of drug-likeness (QED) is 0.879. The van der Waals surface area contributed by atoms with Gasteiger partial charge in [0, 0.05) is 30.2 Å². The lowest BCUT2D eigenvalue weighted by molar-refractivity contribution is -0.130. The van der Waals surface area contributed by atoms with Gasteiger partial charge in [-0.25, -0.2) is 0 Å². The van der Waals surface area contributed by atoms with Crippen LogP contribution in [-0.4, -0.2) is 36.8 Å². The predicted octanol–water partition coefficient (Wildman–Crippen LogP) is 1.09. The molecule has 1 aromatic heterocycles. The van der Waals surface area contributed by atoms with Crippen molar-refractivity contribution in [3.05, 3.63) is 34.1 Å². The maximum Gasteiger partial charge on any atom is 0.253 e. The van der Waals surface area contributed by atoms with Crippen LogP contribution >= 0.6 is 0 Å². The van der Waals surface area contributed by atoms with Gasteiger partial charge in [-0.1, -0.05) is 0 Å². The molecule has 126 valence electrons. The highest BCUT2D eigenvalue weighted by atomic mass is 16.6. The smallest absolute Gasteiger partial charge is 0.253 e. The number of hydrogen-bond donors (Lipinski definition) is 2.